The second-order valence-corrected chi connectivity index (χ2v) is 10.6. The Bertz CT molecular complexity index is 1210. The van der Waals surface area contributed by atoms with Crippen LogP contribution in [0.2, 0.25) is 5.02 Å². The van der Waals surface area contributed by atoms with Crippen molar-refractivity contribution in [2.75, 3.05) is 0 Å². The summed E-state index contributed by atoms with van der Waals surface area (Å²) in [5, 5.41) is 17.9. The molecule has 3 aromatic rings. The maximum atomic E-state index is 12.9. The van der Waals surface area contributed by atoms with Gasteiger partial charge in [0, 0.05) is 23.8 Å². The molecule has 1 aliphatic carbocycles. The summed E-state index contributed by atoms with van der Waals surface area (Å²) in [6, 6.07) is 5.76. The van der Waals surface area contributed by atoms with Crippen molar-refractivity contribution in [1.29, 1.82) is 0 Å². The number of carbonyl (C=O) groups is 1. The standard InChI is InChI=1S/C24H29ClN6O3/c1-14-26-29-22(33-14)16-7-5-15(6-8-16)21-28-27-20-13-30(23(32)34-24(2,3)4)12-17-11-18(25)9-10-19(17)31(20)21/h9-11,15-16H,5-8,12-13H2,1-4H3. The molecule has 0 radical (unpaired) electrons. The number of rotatable bonds is 2. The van der Waals surface area contributed by atoms with E-state index < -0.39 is 5.60 Å². The number of amides is 1. The molecule has 1 amide bonds. The van der Waals surface area contributed by atoms with Gasteiger partial charge in [0.2, 0.25) is 11.8 Å². The molecule has 0 bridgehead atoms. The van der Waals surface area contributed by atoms with Gasteiger partial charge in [-0.1, -0.05) is 11.6 Å². The maximum absolute atomic E-state index is 12.9. The number of fused-ring (bicyclic) bond motifs is 3. The highest BCUT2D eigenvalue weighted by atomic mass is 35.5. The van der Waals surface area contributed by atoms with E-state index in [-0.39, 0.29) is 17.9 Å². The Balaban J connectivity index is 1.44. The van der Waals surface area contributed by atoms with Crippen molar-refractivity contribution in [3.05, 3.63) is 52.2 Å². The third-order valence-corrected chi connectivity index (χ3v) is 6.60. The topological polar surface area (TPSA) is 99.2 Å². The predicted octanol–water partition coefficient (Wildman–Crippen LogP) is 5.30. The summed E-state index contributed by atoms with van der Waals surface area (Å²) in [5.74, 6) is 3.49. The fraction of sp³-hybridized carbons (Fsp3) is 0.542. The van der Waals surface area contributed by atoms with E-state index in [9.17, 15) is 4.79 Å². The lowest BCUT2D eigenvalue weighted by molar-refractivity contribution is 0.0214. The number of aryl methyl sites for hydroxylation is 1. The Morgan fingerprint density at radius 1 is 1.06 bits per heavy atom. The lowest BCUT2D eigenvalue weighted by Gasteiger charge is -2.26. The number of hydrogen-bond donors (Lipinski definition) is 0. The van der Waals surface area contributed by atoms with Gasteiger partial charge in [-0.25, -0.2) is 4.79 Å². The lowest BCUT2D eigenvalue weighted by atomic mass is 9.81. The first-order chi connectivity index (χ1) is 16.2. The summed E-state index contributed by atoms with van der Waals surface area (Å²) in [4.78, 5) is 14.6. The molecule has 10 heteroatoms. The van der Waals surface area contributed by atoms with Crippen molar-refractivity contribution in [3.63, 3.8) is 0 Å². The van der Waals surface area contributed by atoms with Crippen LogP contribution >= 0.6 is 11.6 Å². The number of nitrogens with zero attached hydrogens (tertiary/aromatic N) is 6. The molecular weight excluding hydrogens is 456 g/mol. The number of benzene rings is 1. The van der Waals surface area contributed by atoms with Gasteiger partial charge in [0.05, 0.1) is 18.8 Å². The van der Waals surface area contributed by atoms with Gasteiger partial charge in [-0.05, 0) is 70.2 Å². The van der Waals surface area contributed by atoms with Gasteiger partial charge in [0.25, 0.3) is 0 Å². The highest BCUT2D eigenvalue weighted by molar-refractivity contribution is 6.30. The molecular formula is C24H29ClN6O3. The first kappa shape index (κ1) is 22.8. The molecule has 1 saturated carbocycles. The molecule has 0 saturated heterocycles. The van der Waals surface area contributed by atoms with E-state index in [1.807, 2.05) is 45.9 Å². The van der Waals surface area contributed by atoms with Crippen LogP contribution in [0.4, 0.5) is 4.79 Å². The van der Waals surface area contributed by atoms with Gasteiger partial charge in [-0.3, -0.25) is 9.47 Å². The molecule has 3 heterocycles. The van der Waals surface area contributed by atoms with Crippen LogP contribution in [0.25, 0.3) is 5.69 Å². The number of ether oxygens (including phenoxy) is 1. The van der Waals surface area contributed by atoms with E-state index in [0.29, 0.717) is 24.0 Å². The van der Waals surface area contributed by atoms with E-state index in [0.717, 1.165) is 54.5 Å². The van der Waals surface area contributed by atoms with E-state index in [1.165, 1.54) is 0 Å². The highest BCUT2D eigenvalue weighted by Crippen LogP contribution is 2.41. The van der Waals surface area contributed by atoms with Gasteiger partial charge < -0.3 is 9.15 Å². The van der Waals surface area contributed by atoms with Crippen LogP contribution < -0.4 is 0 Å². The van der Waals surface area contributed by atoms with Gasteiger partial charge in [0.15, 0.2) is 5.82 Å². The zero-order valence-electron chi connectivity index (χ0n) is 19.9. The van der Waals surface area contributed by atoms with Crippen molar-refractivity contribution < 1.29 is 13.9 Å². The quantitative estimate of drug-likeness (QED) is 0.486. The van der Waals surface area contributed by atoms with Crippen molar-refractivity contribution in [2.24, 2.45) is 0 Å². The number of halogens is 1. The van der Waals surface area contributed by atoms with Crippen LogP contribution in [0.1, 0.15) is 87.3 Å². The van der Waals surface area contributed by atoms with Gasteiger partial charge in [-0.2, -0.15) is 0 Å². The largest absolute Gasteiger partial charge is 0.444 e. The van der Waals surface area contributed by atoms with Crippen molar-refractivity contribution in [3.8, 4) is 5.69 Å². The summed E-state index contributed by atoms with van der Waals surface area (Å²) >= 11 is 6.33. The van der Waals surface area contributed by atoms with Crippen LogP contribution in [0.15, 0.2) is 22.6 Å². The van der Waals surface area contributed by atoms with E-state index in [4.69, 9.17) is 20.8 Å². The number of hydrogen-bond acceptors (Lipinski definition) is 7. The molecule has 2 aromatic heterocycles. The summed E-state index contributed by atoms with van der Waals surface area (Å²) < 4.78 is 13.4. The normalized spacial score (nSPS) is 20.4. The summed E-state index contributed by atoms with van der Waals surface area (Å²) in [6.07, 6.45) is 3.41. The third kappa shape index (κ3) is 4.53. The summed E-state index contributed by atoms with van der Waals surface area (Å²) in [5.41, 5.74) is 1.31. The molecule has 180 valence electrons. The number of carbonyl (C=O) groups excluding carboxylic acids is 1. The second-order valence-electron chi connectivity index (χ2n) is 10.1. The zero-order chi connectivity index (χ0) is 24.0. The fourth-order valence-corrected chi connectivity index (χ4v) is 5.02. The minimum absolute atomic E-state index is 0.248. The Morgan fingerprint density at radius 3 is 2.47 bits per heavy atom. The molecule has 0 spiro atoms. The van der Waals surface area contributed by atoms with Crippen molar-refractivity contribution in [1.82, 2.24) is 29.9 Å². The minimum atomic E-state index is -0.588. The average Bonchev–Trinajstić information content (AvgIpc) is 3.35. The summed E-state index contributed by atoms with van der Waals surface area (Å²) in [7, 11) is 0. The first-order valence-corrected chi connectivity index (χ1v) is 12.1. The third-order valence-electron chi connectivity index (χ3n) is 6.37. The molecule has 0 unspecified atom stereocenters. The molecule has 34 heavy (non-hydrogen) atoms. The highest BCUT2D eigenvalue weighted by Gasteiger charge is 2.34. The van der Waals surface area contributed by atoms with Crippen LogP contribution in [0.3, 0.4) is 0 Å². The van der Waals surface area contributed by atoms with Crippen molar-refractivity contribution in [2.45, 2.75) is 83.9 Å². The molecule has 1 aromatic carbocycles. The monoisotopic (exact) mass is 484 g/mol. The molecule has 9 nitrogen and oxygen atoms in total. The first-order valence-electron chi connectivity index (χ1n) is 11.7. The van der Waals surface area contributed by atoms with Gasteiger partial charge in [0.1, 0.15) is 11.4 Å². The van der Waals surface area contributed by atoms with Crippen LogP contribution in [-0.4, -0.2) is 41.6 Å². The maximum Gasteiger partial charge on any atom is 0.411 e. The van der Waals surface area contributed by atoms with Crippen LogP contribution in [-0.2, 0) is 17.8 Å². The van der Waals surface area contributed by atoms with E-state index in [1.54, 1.807) is 4.90 Å². The zero-order valence-corrected chi connectivity index (χ0v) is 20.7. The smallest absolute Gasteiger partial charge is 0.411 e. The molecule has 1 fully saturated rings. The van der Waals surface area contributed by atoms with Gasteiger partial charge >= 0.3 is 6.09 Å². The fourth-order valence-electron chi connectivity index (χ4n) is 4.82. The van der Waals surface area contributed by atoms with Crippen LogP contribution in [0.5, 0.6) is 0 Å². The lowest BCUT2D eigenvalue weighted by Crippen LogP contribution is -2.35. The second kappa shape index (κ2) is 8.69. The Kier molecular flexibility index (Phi) is 5.83. The SMILES string of the molecule is Cc1nnc(C2CCC(c3nnc4n3-c3ccc(Cl)cc3CN(C(=O)OC(C)(C)C)C4)CC2)o1. The molecule has 0 N–H and O–H groups in total. The number of aromatic nitrogens is 5. The van der Waals surface area contributed by atoms with E-state index in [2.05, 4.69) is 25.0 Å². The van der Waals surface area contributed by atoms with Gasteiger partial charge in [-0.15, -0.1) is 20.4 Å². The molecule has 2 aliphatic rings. The predicted molar refractivity (Wildman–Crippen MR) is 125 cm³/mol. The Morgan fingerprint density at radius 2 is 1.79 bits per heavy atom. The molecule has 0 atom stereocenters. The van der Waals surface area contributed by atoms with Crippen molar-refractivity contribution >= 4 is 17.7 Å². The van der Waals surface area contributed by atoms with Crippen LogP contribution in [0, 0.1) is 6.92 Å². The van der Waals surface area contributed by atoms with E-state index >= 15 is 0 Å². The molecule has 1 aliphatic heterocycles. The minimum Gasteiger partial charge on any atom is -0.444 e. The summed E-state index contributed by atoms with van der Waals surface area (Å²) in [6.45, 7) is 8.10. The Labute approximate surface area is 203 Å². The molecule has 5 rings (SSSR count). The average molecular weight is 485 g/mol. The Hall–Kier alpha value is -2.94.